The first kappa shape index (κ1) is 17.3. The second-order valence-electron chi connectivity index (χ2n) is 5.63. The second-order valence-corrected chi connectivity index (χ2v) is 5.63. The highest BCUT2D eigenvalue weighted by atomic mass is 19.4. The number of nitrogens with zero attached hydrogens (tertiary/aromatic N) is 2. The predicted molar refractivity (Wildman–Crippen MR) is 78.4 cm³/mol. The van der Waals surface area contributed by atoms with E-state index in [1.54, 1.807) is 0 Å². The highest BCUT2D eigenvalue weighted by Crippen LogP contribution is 2.38. The summed E-state index contributed by atoms with van der Waals surface area (Å²) in [5.74, 6) is 0.536. The summed E-state index contributed by atoms with van der Waals surface area (Å²) in [7, 11) is 0. The third-order valence-electron chi connectivity index (χ3n) is 3.46. The smallest absolute Gasteiger partial charge is 0.367 e. The maximum absolute atomic E-state index is 12.9. The summed E-state index contributed by atoms with van der Waals surface area (Å²) in [6.45, 7) is 0. The summed E-state index contributed by atoms with van der Waals surface area (Å²) in [6, 6.07) is 2.99. The number of benzene rings is 1. The Morgan fingerprint density at radius 3 is 1.88 bits per heavy atom. The van der Waals surface area contributed by atoms with E-state index in [1.807, 2.05) is 0 Å². The molecule has 0 spiro atoms. The normalized spacial score (nSPS) is 15.1. The molecule has 10 heteroatoms. The topological polar surface area (TPSA) is 49.8 Å². The molecule has 1 aromatic heterocycles. The lowest BCUT2D eigenvalue weighted by atomic mass is 10.1. The van der Waals surface area contributed by atoms with Gasteiger partial charge in [0.1, 0.15) is 18.0 Å². The fourth-order valence-electron chi connectivity index (χ4n) is 2.12. The average molecular weight is 362 g/mol. The maximum Gasteiger partial charge on any atom is 0.416 e. The van der Waals surface area contributed by atoms with E-state index >= 15 is 0 Å². The Balaban J connectivity index is 1.90. The van der Waals surface area contributed by atoms with Crippen LogP contribution in [-0.4, -0.2) is 16.0 Å². The number of alkyl halides is 6. The van der Waals surface area contributed by atoms with Crippen molar-refractivity contribution in [3.8, 4) is 0 Å². The van der Waals surface area contributed by atoms with Crippen molar-refractivity contribution in [1.82, 2.24) is 9.97 Å². The summed E-state index contributed by atoms with van der Waals surface area (Å²) >= 11 is 0. The van der Waals surface area contributed by atoms with Crippen LogP contribution in [-0.2, 0) is 12.4 Å². The maximum atomic E-state index is 12.9. The molecular formula is C15H12F6N4. The Hall–Kier alpha value is -2.52. The van der Waals surface area contributed by atoms with Crippen LogP contribution in [0.1, 0.15) is 24.0 Å². The fraction of sp³-hybridized carbons (Fsp3) is 0.333. The Kier molecular flexibility index (Phi) is 4.21. The molecule has 25 heavy (non-hydrogen) atoms. The zero-order valence-corrected chi connectivity index (χ0v) is 12.5. The van der Waals surface area contributed by atoms with Gasteiger partial charge in [0.2, 0.25) is 0 Å². The molecule has 1 aliphatic rings. The van der Waals surface area contributed by atoms with E-state index in [2.05, 4.69) is 20.6 Å². The van der Waals surface area contributed by atoms with Gasteiger partial charge in [-0.05, 0) is 31.0 Å². The van der Waals surface area contributed by atoms with Crippen LogP contribution in [0.4, 0.5) is 43.7 Å². The van der Waals surface area contributed by atoms with Gasteiger partial charge >= 0.3 is 12.4 Å². The first-order valence-corrected chi connectivity index (χ1v) is 7.26. The molecule has 0 atom stereocenters. The van der Waals surface area contributed by atoms with Gasteiger partial charge in [0, 0.05) is 17.8 Å². The van der Waals surface area contributed by atoms with Crippen LogP contribution < -0.4 is 10.6 Å². The molecule has 0 bridgehead atoms. The van der Waals surface area contributed by atoms with E-state index < -0.39 is 23.5 Å². The molecule has 3 rings (SSSR count). The molecule has 134 valence electrons. The minimum atomic E-state index is -4.90. The fourth-order valence-corrected chi connectivity index (χ4v) is 2.12. The van der Waals surface area contributed by atoms with Crippen molar-refractivity contribution < 1.29 is 26.3 Å². The van der Waals surface area contributed by atoms with Gasteiger partial charge in [-0.25, -0.2) is 9.97 Å². The zero-order valence-electron chi connectivity index (χ0n) is 12.5. The van der Waals surface area contributed by atoms with Gasteiger partial charge in [0.25, 0.3) is 0 Å². The highest BCUT2D eigenvalue weighted by molar-refractivity contribution is 5.61. The van der Waals surface area contributed by atoms with Crippen molar-refractivity contribution in [3.63, 3.8) is 0 Å². The molecule has 2 aromatic rings. The molecule has 1 aromatic carbocycles. The molecule has 1 heterocycles. The number of rotatable bonds is 4. The van der Waals surface area contributed by atoms with Crippen molar-refractivity contribution in [3.05, 3.63) is 41.7 Å². The van der Waals surface area contributed by atoms with Gasteiger partial charge in [-0.15, -0.1) is 0 Å². The first-order chi connectivity index (χ1) is 11.6. The lowest BCUT2D eigenvalue weighted by molar-refractivity contribution is -0.143. The standard InChI is InChI=1S/C15H12F6N4/c16-14(17,18)8-3-9(15(19,20)21)5-11(4-8)25-13-6-12(22-7-23-13)24-10-1-2-10/h3-7,10H,1-2H2,(H2,22,23,24,25). The SMILES string of the molecule is FC(F)(F)c1cc(Nc2cc(NC3CC3)ncn2)cc(C(F)(F)F)c1. The van der Waals surface area contributed by atoms with E-state index in [1.165, 1.54) is 12.4 Å². The lowest BCUT2D eigenvalue weighted by Crippen LogP contribution is -2.12. The Morgan fingerprint density at radius 2 is 1.36 bits per heavy atom. The minimum absolute atomic E-state index is 0.0746. The molecule has 1 aliphatic carbocycles. The van der Waals surface area contributed by atoms with Crippen LogP contribution in [0.15, 0.2) is 30.6 Å². The molecule has 0 unspecified atom stereocenters. The van der Waals surface area contributed by atoms with Crippen molar-refractivity contribution in [2.45, 2.75) is 31.2 Å². The third-order valence-corrected chi connectivity index (χ3v) is 3.46. The van der Waals surface area contributed by atoms with E-state index in [-0.39, 0.29) is 23.6 Å². The van der Waals surface area contributed by atoms with Crippen LogP contribution in [0.2, 0.25) is 0 Å². The summed E-state index contributed by atoms with van der Waals surface area (Å²) in [5, 5.41) is 5.53. The van der Waals surface area contributed by atoms with Gasteiger partial charge in [0.05, 0.1) is 11.1 Å². The van der Waals surface area contributed by atoms with Crippen LogP contribution >= 0.6 is 0 Å². The summed E-state index contributed by atoms with van der Waals surface area (Å²) in [4.78, 5) is 7.77. The number of hydrogen-bond donors (Lipinski definition) is 2. The van der Waals surface area contributed by atoms with Crippen molar-refractivity contribution in [1.29, 1.82) is 0 Å². The van der Waals surface area contributed by atoms with Gasteiger partial charge in [-0.1, -0.05) is 0 Å². The Bertz CT molecular complexity index is 735. The summed E-state index contributed by atoms with van der Waals surface area (Å²) in [6.07, 6.45) is -6.67. The van der Waals surface area contributed by atoms with Crippen LogP contribution in [0.5, 0.6) is 0 Å². The van der Waals surface area contributed by atoms with E-state index in [4.69, 9.17) is 0 Å². The van der Waals surface area contributed by atoms with Crippen LogP contribution in [0, 0.1) is 0 Å². The monoisotopic (exact) mass is 362 g/mol. The first-order valence-electron chi connectivity index (χ1n) is 7.26. The molecule has 0 radical (unpaired) electrons. The molecule has 0 aliphatic heterocycles. The van der Waals surface area contributed by atoms with Crippen molar-refractivity contribution in [2.24, 2.45) is 0 Å². The van der Waals surface area contributed by atoms with Gasteiger partial charge in [-0.3, -0.25) is 0 Å². The summed E-state index contributed by atoms with van der Waals surface area (Å²) < 4.78 is 77.2. The van der Waals surface area contributed by atoms with Crippen molar-refractivity contribution in [2.75, 3.05) is 10.6 Å². The van der Waals surface area contributed by atoms with Gasteiger partial charge in [-0.2, -0.15) is 26.3 Å². The largest absolute Gasteiger partial charge is 0.416 e. The molecular weight excluding hydrogens is 350 g/mol. The molecule has 0 amide bonds. The minimum Gasteiger partial charge on any atom is -0.367 e. The molecule has 2 N–H and O–H groups in total. The predicted octanol–water partition coefficient (Wildman–Crippen LogP) is 4.83. The lowest BCUT2D eigenvalue weighted by Gasteiger charge is -2.15. The van der Waals surface area contributed by atoms with Crippen LogP contribution in [0.25, 0.3) is 0 Å². The summed E-state index contributed by atoms with van der Waals surface area (Å²) in [5.41, 5.74) is -3.15. The Labute approximate surface area is 138 Å². The number of hydrogen-bond acceptors (Lipinski definition) is 4. The van der Waals surface area contributed by atoms with Crippen LogP contribution in [0.3, 0.4) is 0 Å². The Morgan fingerprint density at radius 1 is 0.800 bits per heavy atom. The molecule has 4 nitrogen and oxygen atoms in total. The van der Waals surface area contributed by atoms with E-state index in [0.717, 1.165) is 12.8 Å². The quantitative estimate of drug-likeness (QED) is 0.765. The number of anilines is 3. The molecule has 1 fully saturated rings. The van der Waals surface area contributed by atoms with E-state index in [0.29, 0.717) is 18.0 Å². The van der Waals surface area contributed by atoms with Crippen molar-refractivity contribution >= 4 is 17.3 Å². The second kappa shape index (κ2) is 6.08. The van der Waals surface area contributed by atoms with Gasteiger partial charge in [0.15, 0.2) is 0 Å². The third kappa shape index (κ3) is 4.52. The molecule has 1 saturated carbocycles. The zero-order chi connectivity index (χ0) is 18.2. The number of halogens is 6. The van der Waals surface area contributed by atoms with E-state index in [9.17, 15) is 26.3 Å². The molecule has 0 saturated heterocycles. The number of nitrogens with one attached hydrogen (secondary N) is 2. The van der Waals surface area contributed by atoms with Gasteiger partial charge < -0.3 is 10.6 Å². The highest BCUT2D eigenvalue weighted by Gasteiger charge is 2.37. The average Bonchev–Trinajstić information content (AvgIpc) is 3.29. The number of aromatic nitrogens is 2.